The highest BCUT2D eigenvalue weighted by Crippen LogP contribution is 2.15. The number of aliphatic carboxylic acids is 1. The summed E-state index contributed by atoms with van der Waals surface area (Å²) in [5.74, 6) is -0.665. The van der Waals surface area contributed by atoms with Gasteiger partial charge in [0, 0.05) is 33.3 Å². The third kappa shape index (κ3) is 12.4. The Morgan fingerprint density at radius 2 is 1.63 bits per heavy atom. The number of hydrogen-bond acceptors (Lipinski definition) is 7. The molecule has 0 radical (unpaired) electrons. The van der Waals surface area contributed by atoms with Gasteiger partial charge >= 0.3 is 12.1 Å². The number of methoxy groups -OCH3 is 1. The molecular weight excluding hydrogens is 497 g/mol. The number of carbonyl (C=O) groups excluding carboxylic acids is 1. The van der Waals surface area contributed by atoms with E-state index in [4.69, 9.17) is 23.7 Å². The lowest BCUT2D eigenvalue weighted by Gasteiger charge is -2.22. The second kappa shape index (κ2) is 18.1. The Bertz CT molecular complexity index is 939. The summed E-state index contributed by atoms with van der Waals surface area (Å²) in [6, 6.07) is 13.3. The van der Waals surface area contributed by atoms with E-state index in [1.165, 1.54) is 19.2 Å². The summed E-state index contributed by atoms with van der Waals surface area (Å²) < 4.78 is 39.9. The van der Waals surface area contributed by atoms with E-state index in [2.05, 4.69) is 0 Å². The maximum atomic E-state index is 13.0. The van der Waals surface area contributed by atoms with Gasteiger partial charge in [0.1, 0.15) is 24.8 Å². The van der Waals surface area contributed by atoms with Crippen molar-refractivity contribution in [2.24, 2.45) is 0 Å². The van der Waals surface area contributed by atoms with Gasteiger partial charge < -0.3 is 33.7 Å². The average Bonchev–Trinajstić information content (AvgIpc) is 2.91. The van der Waals surface area contributed by atoms with Crippen LogP contribution in [-0.2, 0) is 36.8 Å². The first-order chi connectivity index (χ1) is 18.4. The molecule has 38 heavy (non-hydrogen) atoms. The van der Waals surface area contributed by atoms with Gasteiger partial charge in [-0.05, 0) is 55.2 Å². The fourth-order valence-electron chi connectivity index (χ4n) is 3.50. The smallest absolute Gasteiger partial charge is 0.409 e. The van der Waals surface area contributed by atoms with E-state index in [1.54, 1.807) is 48.2 Å². The van der Waals surface area contributed by atoms with E-state index in [-0.39, 0.29) is 25.5 Å². The topological polar surface area (TPSA) is 104 Å². The number of hydrogen-bond donors (Lipinski definition) is 1. The zero-order valence-electron chi connectivity index (χ0n) is 22.1. The van der Waals surface area contributed by atoms with Gasteiger partial charge in [0.15, 0.2) is 6.10 Å². The summed E-state index contributed by atoms with van der Waals surface area (Å²) in [4.78, 5) is 25.4. The molecule has 10 heteroatoms. The van der Waals surface area contributed by atoms with Crippen molar-refractivity contribution in [3.63, 3.8) is 0 Å². The Kier molecular flexibility index (Phi) is 14.8. The van der Waals surface area contributed by atoms with Crippen LogP contribution in [0.1, 0.15) is 30.9 Å². The molecule has 0 heterocycles. The SMILES string of the molecule is CCOC(Cc1ccc(OCCN(CCCCOCc2ccc(F)cc2)C(=O)OCCOC)cc1)C(=O)O. The van der Waals surface area contributed by atoms with Crippen molar-refractivity contribution in [3.05, 3.63) is 65.5 Å². The summed E-state index contributed by atoms with van der Waals surface area (Å²) in [5, 5.41) is 9.24. The summed E-state index contributed by atoms with van der Waals surface area (Å²) in [7, 11) is 1.54. The minimum Gasteiger partial charge on any atom is -0.492 e. The summed E-state index contributed by atoms with van der Waals surface area (Å²) in [6.45, 7) is 4.53. The average molecular weight is 536 g/mol. The molecular formula is C28H38FNO8. The third-order valence-electron chi connectivity index (χ3n) is 5.54. The number of amides is 1. The molecule has 2 aromatic rings. The fourth-order valence-corrected chi connectivity index (χ4v) is 3.50. The van der Waals surface area contributed by atoms with Crippen LogP contribution in [0.15, 0.2) is 48.5 Å². The molecule has 1 atom stereocenters. The Balaban J connectivity index is 1.77. The standard InChI is InChI=1S/C28H38FNO8/c1-3-36-26(27(31)32)20-22-8-12-25(13-9-22)37-17-15-30(28(33)38-19-18-34-2)14-4-5-16-35-21-23-6-10-24(29)11-7-23/h6-13,26H,3-5,14-21H2,1-2H3,(H,31,32). The maximum Gasteiger partial charge on any atom is 0.409 e. The molecule has 1 amide bonds. The van der Waals surface area contributed by atoms with Crippen molar-refractivity contribution >= 4 is 12.1 Å². The minimum atomic E-state index is -0.996. The fraction of sp³-hybridized carbons (Fsp3) is 0.500. The number of halogens is 1. The van der Waals surface area contributed by atoms with Gasteiger partial charge in [0.25, 0.3) is 0 Å². The van der Waals surface area contributed by atoms with E-state index in [0.717, 1.165) is 17.5 Å². The molecule has 1 N–H and O–H groups in total. The second-order valence-corrected chi connectivity index (χ2v) is 8.46. The first-order valence-corrected chi connectivity index (χ1v) is 12.7. The molecule has 0 aliphatic rings. The number of unbranched alkanes of at least 4 members (excludes halogenated alkanes) is 1. The van der Waals surface area contributed by atoms with E-state index in [9.17, 15) is 19.1 Å². The monoisotopic (exact) mass is 535 g/mol. The highest BCUT2D eigenvalue weighted by molar-refractivity contribution is 5.72. The number of ether oxygens (including phenoxy) is 5. The van der Waals surface area contributed by atoms with Crippen molar-refractivity contribution in [2.45, 2.75) is 38.9 Å². The number of carboxylic acid groups (broad SMARTS) is 1. The van der Waals surface area contributed by atoms with Crippen LogP contribution in [0.5, 0.6) is 5.75 Å². The van der Waals surface area contributed by atoms with Crippen molar-refractivity contribution in [3.8, 4) is 5.75 Å². The number of carbonyl (C=O) groups is 2. The van der Waals surface area contributed by atoms with Crippen LogP contribution in [0.25, 0.3) is 0 Å². The number of carboxylic acids is 1. The summed E-state index contributed by atoms with van der Waals surface area (Å²) in [5.41, 5.74) is 1.72. The van der Waals surface area contributed by atoms with Crippen LogP contribution >= 0.6 is 0 Å². The first kappa shape index (κ1) is 31.0. The molecule has 0 aliphatic carbocycles. The molecule has 2 rings (SSSR count). The Hall–Kier alpha value is -3.21. The van der Waals surface area contributed by atoms with Gasteiger partial charge in [-0.3, -0.25) is 0 Å². The predicted molar refractivity (Wildman–Crippen MR) is 139 cm³/mol. The number of benzene rings is 2. The third-order valence-corrected chi connectivity index (χ3v) is 5.54. The van der Waals surface area contributed by atoms with E-state index in [1.807, 2.05) is 0 Å². The molecule has 0 fully saturated rings. The van der Waals surface area contributed by atoms with Gasteiger partial charge in [0.2, 0.25) is 0 Å². The summed E-state index contributed by atoms with van der Waals surface area (Å²) in [6.07, 6.45) is 0.381. The van der Waals surface area contributed by atoms with E-state index >= 15 is 0 Å². The van der Waals surface area contributed by atoms with Crippen molar-refractivity contribution in [1.29, 1.82) is 0 Å². The minimum absolute atomic E-state index is 0.161. The lowest BCUT2D eigenvalue weighted by Crippen LogP contribution is -2.36. The van der Waals surface area contributed by atoms with Crippen LogP contribution in [0, 0.1) is 5.82 Å². The van der Waals surface area contributed by atoms with Gasteiger partial charge in [-0.1, -0.05) is 24.3 Å². The normalized spacial score (nSPS) is 11.7. The van der Waals surface area contributed by atoms with Gasteiger partial charge in [-0.25, -0.2) is 14.0 Å². The largest absolute Gasteiger partial charge is 0.492 e. The molecule has 0 aliphatic heterocycles. The predicted octanol–water partition coefficient (Wildman–Crippen LogP) is 4.32. The van der Waals surface area contributed by atoms with Crippen LogP contribution in [-0.4, -0.2) is 81.4 Å². The van der Waals surface area contributed by atoms with Crippen molar-refractivity contribution < 1.29 is 42.8 Å². The Labute approximate surface area is 223 Å². The molecule has 210 valence electrons. The number of nitrogens with zero attached hydrogens (tertiary/aromatic N) is 1. The van der Waals surface area contributed by atoms with Crippen molar-refractivity contribution in [1.82, 2.24) is 4.90 Å². The van der Waals surface area contributed by atoms with Gasteiger partial charge in [-0.15, -0.1) is 0 Å². The lowest BCUT2D eigenvalue weighted by atomic mass is 10.1. The number of rotatable bonds is 19. The van der Waals surface area contributed by atoms with E-state index < -0.39 is 18.2 Å². The quantitative estimate of drug-likeness (QED) is 0.265. The molecule has 0 saturated carbocycles. The van der Waals surface area contributed by atoms with Gasteiger partial charge in [0.05, 0.1) is 19.8 Å². The van der Waals surface area contributed by atoms with Crippen LogP contribution in [0.2, 0.25) is 0 Å². The van der Waals surface area contributed by atoms with Crippen LogP contribution < -0.4 is 4.74 Å². The zero-order valence-corrected chi connectivity index (χ0v) is 22.1. The van der Waals surface area contributed by atoms with Gasteiger partial charge in [-0.2, -0.15) is 0 Å². The highest BCUT2D eigenvalue weighted by atomic mass is 19.1. The molecule has 9 nitrogen and oxygen atoms in total. The highest BCUT2D eigenvalue weighted by Gasteiger charge is 2.18. The van der Waals surface area contributed by atoms with Crippen LogP contribution in [0.4, 0.5) is 9.18 Å². The summed E-state index contributed by atoms with van der Waals surface area (Å²) >= 11 is 0. The van der Waals surface area contributed by atoms with Crippen LogP contribution in [0.3, 0.4) is 0 Å². The first-order valence-electron chi connectivity index (χ1n) is 12.7. The second-order valence-electron chi connectivity index (χ2n) is 8.46. The molecule has 0 spiro atoms. The maximum absolute atomic E-state index is 13.0. The Morgan fingerprint density at radius 3 is 2.29 bits per heavy atom. The Morgan fingerprint density at radius 1 is 0.921 bits per heavy atom. The van der Waals surface area contributed by atoms with E-state index in [0.29, 0.717) is 51.7 Å². The lowest BCUT2D eigenvalue weighted by molar-refractivity contribution is -0.149. The van der Waals surface area contributed by atoms with Crippen molar-refractivity contribution in [2.75, 3.05) is 53.2 Å². The molecule has 2 aromatic carbocycles. The molecule has 0 bridgehead atoms. The zero-order chi connectivity index (χ0) is 27.6. The molecule has 1 unspecified atom stereocenters. The molecule has 0 aromatic heterocycles. The molecule has 0 saturated heterocycles.